The number of benzene rings is 2. The second kappa shape index (κ2) is 10.5. The van der Waals surface area contributed by atoms with Crippen LogP contribution in [0.25, 0.3) is 11.1 Å². The van der Waals surface area contributed by atoms with Crippen LogP contribution < -0.4 is 10.6 Å². The molecule has 0 aliphatic heterocycles. The SMILES string of the molecule is CNCNc1cc(C)cc(C(/C(C)=C(/C)CC(C)C)=C(/C)c2ccc(C)cc2)c1. The van der Waals surface area contributed by atoms with Gasteiger partial charge in [0.2, 0.25) is 0 Å². The van der Waals surface area contributed by atoms with E-state index >= 15 is 0 Å². The number of rotatable bonds is 8. The van der Waals surface area contributed by atoms with Crippen molar-refractivity contribution in [2.75, 3.05) is 19.0 Å². The molecule has 2 aromatic rings. The quantitative estimate of drug-likeness (QED) is 0.283. The lowest BCUT2D eigenvalue weighted by atomic mass is 9.86. The van der Waals surface area contributed by atoms with Gasteiger partial charge in [0.25, 0.3) is 0 Å². The van der Waals surface area contributed by atoms with E-state index in [-0.39, 0.29) is 0 Å². The van der Waals surface area contributed by atoms with Crippen molar-refractivity contribution in [3.63, 3.8) is 0 Å². The first-order valence-electron chi connectivity index (χ1n) is 10.7. The Morgan fingerprint density at radius 2 is 1.52 bits per heavy atom. The molecule has 2 nitrogen and oxygen atoms in total. The molecule has 0 aromatic heterocycles. The summed E-state index contributed by atoms with van der Waals surface area (Å²) >= 11 is 0. The van der Waals surface area contributed by atoms with Crippen LogP contribution in [0.15, 0.2) is 53.6 Å². The van der Waals surface area contributed by atoms with Crippen molar-refractivity contribution >= 4 is 16.8 Å². The van der Waals surface area contributed by atoms with Crippen molar-refractivity contribution in [1.82, 2.24) is 5.32 Å². The first-order chi connectivity index (χ1) is 13.7. The molecule has 0 aliphatic carbocycles. The van der Waals surface area contributed by atoms with Gasteiger partial charge in [-0.3, -0.25) is 0 Å². The van der Waals surface area contributed by atoms with Crippen LogP contribution >= 0.6 is 0 Å². The predicted octanol–water partition coefficient (Wildman–Crippen LogP) is 7.21. The Bertz CT molecular complexity index is 883. The molecule has 2 N–H and O–H groups in total. The highest BCUT2D eigenvalue weighted by molar-refractivity contribution is 5.98. The Morgan fingerprint density at radius 3 is 2.10 bits per heavy atom. The van der Waals surface area contributed by atoms with Crippen molar-refractivity contribution in [1.29, 1.82) is 0 Å². The molecule has 0 bridgehead atoms. The Morgan fingerprint density at radius 1 is 0.862 bits per heavy atom. The van der Waals surface area contributed by atoms with Gasteiger partial charge >= 0.3 is 0 Å². The highest BCUT2D eigenvalue weighted by Crippen LogP contribution is 2.36. The maximum absolute atomic E-state index is 3.47. The summed E-state index contributed by atoms with van der Waals surface area (Å²) in [6.07, 6.45) is 1.12. The van der Waals surface area contributed by atoms with Crippen LogP contribution in [0.4, 0.5) is 5.69 Å². The van der Waals surface area contributed by atoms with Crippen LogP contribution in [0.5, 0.6) is 0 Å². The number of allylic oxidation sites excluding steroid dienone is 4. The first kappa shape index (κ1) is 23.0. The molecule has 0 unspecified atom stereocenters. The third-order valence-corrected chi connectivity index (χ3v) is 5.42. The first-order valence-corrected chi connectivity index (χ1v) is 10.7. The van der Waals surface area contributed by atoms with Crippen LogP contribution in [-0.4, -0.2) is 13.7 Å². The average molecular weight is 391 g/mol. The van der Waals surface area contributed by atoms with Gasteiger partial charge in [0.05, 0.1) is 6.67 Å². The van der Waals surface area contributed by atoms with E-state index < -0.39 is 0 Å². The molecule has 0 spiro atoms. The molecule has 0 fully saturated rings. The summed E-state index contributed by atoms with van der Waals surface area (Å²) in [5.74, 6) is 0.649. The van der Waals surface area contributed by atoms with Crippen molar-refractivity contribution in [3.8, 4) is 0 Å². The fraction of sp³-hybridized carbons (Fsp3) is 0.407. The molecule has 29 heavy (non-hydrogen) atoms. The molecule has 0 amide bonds. The smallest absolute Gasteiger partial charge is 0.0650 e. The topological polar surface area (TPSA) is 24.1 Å². The molecule has 2 rings (SSSR count). The van der Waals surface area contributed by atoms with Crippen molar-refractivity contribution in [3.05, 3.63) is 75.9 Å². The molecular weight excluding hydrogens is 352 g/mol. The fourth-order valence-electron chi connectivity index (χ4n) is 3.86. The molecule has 0 heterocycles. The monoisotopic (exact) mass is 390 g/mol. The van der Waals surface area contributed by atoms with Gasteiger partial charge in [-0.25, -0.2) is 0 Å². The molecule has 2 aromatic carbocycles. The number of nitrogens with one attached hydrogen (secondary N) is 2. The second-order valence-electron chi connectivity index (χ2n) is 8.66. The third kappa shape index (κ3) is 6.33. The summed E-state index contributed by atoms with van der Waals surface area (Å²) < 4.78 is 0. The number of anilines is 1. The second-order valence-corrected chi connectivity index (χ2v) is 8.66. The minimum atomic E-state index is 0.649. The highest BCUT2D eigenvalue weighted by Gasteiger charge is 2.14. The summed E-state index contributed by atoms with van der Waals surface area (Å²) in [6, 6.07) is 15.7. The van der Waals surface area contributed by atoms with Crippen LogP contribution in [-0.2, 0) is 0 Å². The Balaban J connectivity index is 2.69. The maximum Gasteiger partial charge on any atom is 0.0650 e. The normalized spacial score (nSPS) is 13.3. The summed E-state index contributed by atoms with van der Waals surface area (Å²) in [5.41, 5.74) is 11.8. The molecule has 0 atom stereocenters. The minimum absolute atomic E-state index is 0.649. The molecule has 0 aliphatic rings. The lowest BCUT2D eigenvalue weighted by molar-refractivity contribution is 0.640. The number of hydrogen-bond donors (Lipinski definition) is 2. The summed E-state index contributed by atoms with van der Waals surface area (Å²) in [6.45, 7) is 16.5. The van der Waals surface area contributed by atoms with Crippen LogP contribution in [0, 0.1) is 19.8 Å². The van der Waals surface area contributed by atoms with Gasteiger partial charge in [0.1, 0.15) is 0 Å². The zero-order chi connectivity index (χ0) is 21.6. The largest absolute Gasteiger partial charge is 0.372 e. The lowest BCUT2D eigenvalue weighted by Gasteiger charge is -2.20. The summed E-state index contributed by atoms with van der Waals surface area (Å²) in [5, 5.41) is 6.64. The molecule has 0 radical (unpaired) electrons. The van der Waals surface area contributed by atoms with Crippen LogP contribution in [0.1, 0.15) is 63.3 Å². The third-order valence-electron chi connectivity index (χ3n) is 5.42. The Labute approximate surface area is 178 Å². The van der Waals surface area contributed by atoms with Gasteiger partial charge < -0.3 is 10.6 Å². The molecule has 156 valence electrons. The van der Waals surface area contributed by atoms with E-state index in [1.165, 1.54) is 44.5 Å². The summed E-state index contributed by atoms with van der Waals surface area (Å²) in [4.78, 5) is 0. The van der Waals surface area contributed by atoms with Gasteiger partial charge in [0.15, 0.2) is 0 Å². The fourth-order valence-corrected chi connectivity index (χ4v) is 3.86. The van der Waals surface area contributed by atoms with Gasteiger partial charge in [0, 0.05) is 5.69 Å². The van der Waals surface area contributed by atoms with Gasteiger partial charge in [-0.2, -0.15) is 0 Å². The van der Waals surface area contributed by atoms with Gasteiger partial charge in [-0.1, -0.05) is 55.3 Å². The van der Waals surface area contributed by atoms with E-state index in [1.807, 2.05) is 7.05 Å². The Hall–Kier alpha value is -2.32. The number of hydrogen-bond acceptors (Lipinski definition) is 2. The molecule has 0 saturated carbocycles. The highest BCUT2D eigenvalue weighted by atomic mass is 15.0. The van der Waals surface area contributed by atoms with Gasteiger partial charge in [-0.15, -0.1) is 0 Å². The van der Waals surface area contributed by atoms with Crippen molar-refractivity contribution in [2.45, 2.75) is 54.9 Å². The van der Waals surface area contributed by atoms with E-state index in [0.717, 1.165) is 18.8 Å². The van der Waals surface area contributed by atoms with Crippen molar-refractivity contribution < 1.29 is 0 Å². The van der Waals surface area contributed by atoms with E-state index in [2.05, 4.69) is 102 Å². The van der Waals surface area contributed by atoms with E-state index in [0.29, 0.717) is 5.92 Å². The maximum atomic E-state index is 3.47. The van der Waals surface area contributed by atoms with Crippen LogP contribution in [0.2, 0.25) is 0 Å². The zero-order valence-corrected chi connectivity index (χ0v) is 19.5. The standard InChI is InChI=1S/C27H38N2/c1-18(2)13-21(5)22(6)27(23(7)24-11-9-19(3)10-12-24)25-14-20(4)15-26(16-25)29-17-28-8/h9-12,14-16,18,28-29H,13,17H2,1-8H3/b22-21-,27-23-. The van der Waals surface area contributed by atoms with Gasteiger partial charge in [-0.05, 0) is 99.5 Å². The van der Waals surface area contributed by atoms with E-state index in [1.54, 1.807) is 0 Å². The zero-order valence-electron chi connectivity index (χ0n) is 19.5. The van der Waals surface area contributed by atoms with E-state index in [9.17, 15) is 0 Å². The average Bonchev–Trinajstić information content (AvgIpc) is 2.66. The lowest BCUT2D eigenvalue weighted by Crippen LogP contribution is -2.16. The minimum Gasteiger partial charge on any atom is -0.372 e. The van der Waals surface area contributed by atoms with Crippen LogP contribution in [0.3, 0.4) is 0 Å². The molecule has 0 saturated heterocycles. The Kier molecular flexibility index (Phi) is 8.28. The van der Waals surface area contributed by atoms with E-state index in [4.69, 9.17) is 0 Å². The van der Waals surface area contributed by atoms with Crippen molar-refractivity contribution in [2.24, 2.45) is 5.92 Å². The molecule has 2 heteroatoms. The molecular formula is C27H38N2. The number of aryl methyl sites for hydroxylation is 2. The summed E-state index contributed by atoms with van der Waals surface area (Å²) in [7, 11) is 1.96. The predicted molar refractivity (Wildman–Crippen MR) is 130 cm³/mol.